The maximum absolute atomic E-state index is 5.81. The van der Waals surface area contributed by atoms with E-state index in [9.17, 15) is 0 Å². The van der Waals surface area contributed by atoms with Gasteiger partial charge in [0, 0.05) is 6.04 Å². The third-order valence-electron chi connectivity index (χ3n) is 2.27. The zero-order valence-electron chi connectivity index (χ0n) is 5.84. The molecule has 1 aliphatic carbocycles. The fourth-order valence-electron chi connectivity index (χ4n) is 1.53. The summed E-state index contributed by atoms with van der Waals surface area (Å²) >= 11 is 0. The van der Waals surface area contributed by atoms with Crippen molar-refractivity contribution in [2.45, 2.75) is 31.7 Å². The van der Waals surface area contributed by atoms with Gasteiger partial charge in [0.05, 0.1) is 0 Å². The van der Waals surface area contributed by atoms with Crippen LogP contribution in [0.2, 0.25) is 0 Å². The molecule has 0 aromatic heterocycles. The maximum atomic E-state index is 5.81. The zero-order valence-corrected chi connectivity index (χ0v) is 5.84. The molecule has 1 saturated carbocycles. The minimum Gasteiger partial charge on any atom is -0.330 e. The summed E-state index contributed by atoms with van der Waals surface area (Å²) in [5.74, 6) is 0.610. The van der Waals surface area contributed by atoms with E-state index in [4.69, 9.17) is 11.5 Å². The van der Waals surface area contributed by atoms with Gasteiger partial charge in [-0.25, -0.2) is 0 Å². The normalized spacial score (nSPS) is 36.7. The Morgan fingerprint density at radius 3 is 2.33 bits per heavy atom. The van der Waals surface area contributed by atoms with Gasteiger partial charge in [-0.15, -0.1) is 0 Å². The fraction of sp³-hybridized carbons (Fsp3) is 1.00. The molecule has 0 aromatic carbocycles. The lowest BCUT2D eigenvalue weighted by Gasteiger charge is -2.26. The summed E-state index contributed by atoms with van der Waals surface area (Å²) in [5.41, 5.74) is 11.3. The van der Waals surface area contributed by atoms with Gasteiger partial charge in [0.2, 0.25) is 0 Å². The van der Waals surface area contributed by atoms with Gasteiger partial charge >= 0.3 is 0 Å². The van der Waals surface area contributed by atoms with E-state index in [-0.39, 0.29) is 0 Å². The summed E-state index contributed by atoms with van der Waals surface area (Å²) < 4.78 is 0. The molecule has 0 aliphatic heterocycles. The SMILES string of the molecule is NCC1CCCC[C@H]1N. The van der Waals surface area contributed by atoms with E-state index in [2.05, 4.69) is 0 Å². The van der Waals surface area contributed by atoms with E-state index in [1.165, 1.54) is 25.7 Å². The topological polar surface area (TPSA) is 52.0 Å². The molecule has 2 heteroatoms. The van der Waals surface area contributed by atoms with Crippen molar-refractivity contribution in [3.05, 3.63) is 0 Å². The third kappa shape index (κ3) is 1.66. The van der Waals surface area contributed by atoms with E-state index in [0.717, 1.165) is 6.54 Å². The highest BCUT2D eigenvalue weighted by molar-refractivity contribution is 4.77. The number of hydrogen-bond donors (Lipinski definition) is 2. The van der Waals surface area contributed by atoms with Gasteiger partial charge in [0.15, 0.2) is 0 Å². The first-order valence-electron chi connectivity index (χ1n) is 3.80. The molecule has 2 nitrogen and oxygen atoms in total. The predicted octanol–water partition coefficient (Wildman–Crippen LogP) is 0.463. The molecule has 0 spiro atoms. The fourth-order valence-corrected chi connectivity index (χ4v) is 1.53. The van der Waals surface area contributed by atoms with Gasteiger partial charge < -0.3 is 11.5 Å². The first-order chi connectivity index (χ1) is 4.34. The second-order valence-corrected chi connectivity index (χ2v) is 2.94. The second-order valence-electron chi connectivity index (χ2n) is 2.94. The molecule has 0 amide bonds. The predicted molar refractivity (Wildman–Crippen MR) is 39.0 cm³/mol. The Balaban J connectivity index is 2.30. The van der Waals surface area contributed by atoms with Gasteiger partial charge in [0.1, 0.15) is 0 Å². The van der Waals surface area contributed by atoms with Crippen molar-refractivity contribution >= 4 is 0 Å². The zero-order chi connectivity index (χ0) is 6.69. The summed E-state index contributed by atoms with van der Waals surface area (Å²) in [4.78, 5) is 0. The molecule has 1 aliphatic rings. The standard InChI is InChI=1S/C7H16N2/c8-5-6-3-1-2-4-7(6)9/h6-7H,1-5,8-9H2/t6?,7-/m1/s1. The average molecular weight is 128 g/mol. The Hall–Kier alpha value is -0.0800. The van der Waals surface area contributed by atoms with Crippen LogP contribution in [-0.4, -0.2) is 12.6 Å². The van der Waals surface area contributed by atoms with Crippen LogP contribution in [0.25, 0.3) is 0 Å². The lowest BCUT2D eigenvalue weighted by atomic mass is 9.85. The van der Waals surface area contributed by atoms with E-state index >= 15 is 0 Å². The minimum absolute atomic E-state index is 0.392. The van der Waals surface area contributed by atoms with Gasteiger partial charge in [-0.1, -0.05) is 12.8 Å². The summed E-state index contributed by atoms with van der Waals surface area (Å²) in [6, 6.07) is 0.392. The Kier molecular flexibility index (Phi) is 2.49. The Morgan fingerprint density at radius 1 is 1.22 bits per heavy atom. The first kappa shape index (κ1) is 7.03. The molecule has 0 heterocycles. The molecule has 4 N–H and O–H groups in total. The second kappa shape index (κ2) is 3.18. The molecular formula is C7H16N2. The van der Waals surface area contributed by atoms with Crippen LogP contribution < -0.4 is 11.5 Å². The number of rotatable bonds is 1. The smallest absolute Gasteiger partial charge is 0.00792 e. The molecule has 0 saturated heterocycles. The molecule has 1 fully saturated rings. The number of nitrogens with two attached hydrogens (primary N) is 2. The molecule has 2 atom stereocenters. The minimum atomic E-state index is 0.392. The van der Waals surface area contributed by atoms with Crippen molar-refractivity contribution in [1.82, 2.24) is 0 Å². The van der Waals surface area contributed by atoms with Gasteiger partial charge in [-0.3, -0.25) is 0 Å². The quantitative estimate of drug-likeness (QED) is 0.539. The van der Waals surface area contributed by atoms with Crippen LogP contribution in [0.5, 0.6) is 0 Å². The first-order valence-corrected chi connectivity index (χ1v) is 3.80. The average Bonchev–Trinajstić information content (AvgIpc) is 1.89. The van der Waals surface area contributed by atoms with E-state index in [1.807, 2.05) is 0 Å². The van der Waals surface area contributed by atoms with Crippen molar-refractivity contribution in [3.8, 4) is 0 Å². The van der Waals surface area contributed by atoms with E-state index in [1.54, 1.807) is 0 Å². The van der Waals surface area contributed by atoms with Crippen LogP contribution in [-0.2, 0) is 0 Å². The summed E-state index contributed by atoms with van der Waals surface area (Å²) in [6.07, 6.45) is 5.06. The van der Waals surface area contributed by atoms with Crippen molar-refractivity contribution < 1.29 is 0 Å². The Morgan fingerprint density at radius 2 is 1.89 bits per heavy atom. The maximum Gasteiger partial charge on any atom is 0.00792 e. The number of hydrogen-bond acceptors (Lipinski definition) is 2. The van der Waals surface area contributed by atoms with Crippen LogP contribution in [0.4, 0.5) is 0 Å². The monoisotopic (exact) mass is 128 g/mol. The molecule has 9 heavy (non-hydrogen) atoms. The van der Waals surface area contributed by atoms with Crippen LogP contribution in [0.15, 0.2) is 0 Å². The lowest BCUT2D eigenvalue weighted by Crippen LogP contribution is -2.37. The highest BCUT2D eigenvalue weighted by Gasteiger charge is 2.19. The van der Waals surface area contributed by atoms with Crippen molar-refractivity contribution in [3.63, 3.8) is 0 Å². The van der Waals surface area contributed by atoms with Crippen LogP contribution >= 0.6 is 0 Å². The molecule has 1 unspecified atom stereocenters. The van der Waals surface area contributed by atoms with Crippen LogP contribution in [0, 0.1) is 5.92 Å². The largest absolute Gasteiger partial charge is 0.330 e. The van der Waals surface area contributed by atoms with Gasteiger partial charge in [-0.05, 0) is 25.3 Å². The Bertz CT molecular complexity index is 83.0. The third-order valence-corrected chi connectivity index (χ3v) is 2.27. The van der Waals surface area contributed by atoms with Crippen LogP contribution in [0.3, 0.4) is 0 Å². The van der Waals surface area contributed by atoms with Crippen molar-refractivity contribution in [2.75, 3.05) is 6.54 Å². The lowest BCUT2D eigenvalue weighted by molar-refractivity contribution is 0.315. The van der Waals surface area contributed by atoms with E-state index in [0.29, 0.717) is 12.0 Å². The highest BCUT2D eigenvalue weighted by Crippen LogP contribution is 2.21. The summed E-state index contributed by atoms with van der Waals surface area (Å²) in [7, 11) is 0. The summed E-state index contributed by atoms with van der Waals surface area (Å²) in [6.45, 7) is 0.779. The van der Waals surface area contributed by atoms with Gasteiger partial charge in [0.25, 0.3) is 0 Å². The molecule has 54 valence electrons. The van der Waals surface area contributed by atoms with Crippen LogP contribution in [0.1, 0.15) is 25.7 Å². The Labute approximate surface area is 56.6 Å². The van der Waals surface area contributed by atoms with Gasteiger partial charge in [-0.2, -0.15) is 0 Å². The summed E-state index contributed by atoms with van der Waals surface area (Å²) in [5, 5.41) is 0. The molecular weight excluding hydrogens is 112 g/mol. The van der Waals surface area contributed by atoms with E-state index < -0.39 is 0 Å². The highest BCUT2D eigenvalue weighted by atomic mass is 14.7. The molecule has 0 bridgehead atoms. The molecule has 1 rings (SSSR count). The molecule has 0 radical (unpaired) electrons. The van der Waals surface area contributed by atoms with Crippen molar-refractivity contribution in [1.29, 1.82) is 0 Å². The molecule has 0 aromatic rings. The van der Waals surface area contributed by atoms with Crippen molar-refractivity contribution in [2.24, 2.45) is 17.4 Å².